The van der Waals surface area contributed by atoms with Crippen LogP contribution < -0.4 is 5.32 Å². The lowest BCUT2D eigenvalue weighted by atomic mass is 10.0. The van der Waals surface area contributed by atoms with E-state index in [1.54, 1.807) is 0 Å². The molecule has 104 valence electrons. The molecular weight excluding hydrogens is 232 g/mol. The van der Waals surface area contributed by atoms with Crippen LogP contribution in [0.15, 0.2) is 0 Å². The fraction of sp³-hybridized carbons (Fsp3) is 0.923. The first-order chi connectivity index (χ1) is 8.68. The van der Waals surface area contributed by atoms with Crippen LogP contribution >= 0.6 is 0 Å². The summed E-state index contributed by atoms with van der Waals surface area (Å²) in [4.78, 5) is 14.0. The van der Waals surface area contributed by atoms with Crippen molar-refractivity contribution in [1.82, 2.24) is 10.2 Å². The molecule has 3 atom stereocenters. The van der Waals surface area contributed by atoms with Crippen molar-refractivity contribution in [3.63, 3.8) is 0 Å². The van der Waals surface area contributed by atoms with Crippen LogP contribution in [-0.2, 0) is 14.3 Å². The fourth-order valence-corrected chi connectivity index (χ4v) is 2.56. The number of ether oxygens (including phenoxy) is 2. The number of morpholine rings is 1. The van der Waals surface area contributed by atoms with Gasteiger partial charge in [-0.1, -0.05) is 0 Å². The molecule has 3 unspecified atom stereocenters. The van der Waals surface area contributed by atoms with E-state index in [4.69, 9.17) is 9.47 Å². The average Bonchev–Trinajstić information content (AvgIpc) is 2.41. The van der Waals surface area contributed by atoms with Crippen LogP contribution in [0.3, 0.4) is 0 Å². The maximum absolute atomic E-state index is 12.2. The zero-order chi connectivity index (χ0) is 13.0. The van der Waals surface area contributed by atoms with Crippen molar-refractivity contribution in [2.24, 2.45) is 0 Å². The Morgan fingerprint density at radius 3 is 2.83 bits per heavy atom. The molecule has 2 saturated heterocycles. The molecule has 1 N–H and O–H groups in total. The van der Waals surface area contributed by atoms with Gasteiger partial charge in [0, 0.05) is 19.1 Å². The third kappa shape index (κ3) is 3.43. The zero-order valence-electron chi connectivity index (χ0n) is 11.4. The molecule has 0 aliphatic carbocycles. The molecule has 0 saturated carbocycles. The Bertz CT molecular complexity index is 279. The first-order valence-electron chi connectivity index (χ1n) is 6.94. The van der Waals surface area contributed by atoms with Crippen molar-refractivity contribution in [3.8, 4) is 0 Å². The number of rotatable bonds is 3. The molecule has 0 aromatic heterocycles. The minimum atomic E-state index is -0.351. The van der Waals surface area contributed by atoms with Crippen molar-refractivity contribution >= 4 is 5.91 Å². The molecule has 0 bridgehead atoms. The molecule has 2 fully saturated rings. The van der Waals surface area contributed by atoms with Crippen molar-refractivity contribution in [2.75, 3.05) is 32.8 Å². The molecule has 0 spiro atoms. The summed E-state index contributed by atoms with van der Waals surface area (Å²) >= 11 is 0. The summed E-state index contributed by atoms with van der Waals surface area (Å²) in [6, 6.07) is 0.332. The molecule has 2 aliphatic heterocycles. The highest BCUT2D eigenvalue weighted by atomic mass is 16.5. The molecule has 2 aliphatic rings. The highest BCUT2D eigenvalue weighted by Crippen LogP contribution is 2.15. The summed E-state index contributed by atoms with van der Waals surface area (Å²) in [6.07, 6.45) is 1.96. The first-order valence-corrected chi connectivity index (χ1v) is 6.94. The van der Waals surface area contributed by atoms with Gasteiger partial charge in [0.1, 0.15) is 6.10 Å². The SMILES string of the molecule is CC(OC1CCCNC1C)C(=O)N1CCOCC1. The van der Waals surface area contributed by atoms with Crippen LogP contribution in [0.4, 0.5) is 0 Å². The molecule has 0 radical (unpaired) electrons. The second kappa shape index (κ2) is 6.50. The van der Waals surface area contributed by atoms with Crippen LogP contribution in [-0.4, -0.2) is 61.9 Å². The lowest BCUT2D eigenvalue weighted by Crippen LogP contribution is -2.50. The van der Waals surface area contributed by atoms with Crippen LogP contribution in [0, 0.1) is 0 Å². The number of hydrogen-bond acceptors (Lipinski definition) is 4. The van der Waals surface area contributed by atoms with Gasteiger partial charge >= 0.3 is 0 Å². The van der Waals surface area contributed by atoms with E-state index in [2.05, 4.69) is 12.2 Å². The molecule has 0 aromatic rings. The third-order valence-electron chi connectivity index (χ3n) is 3.74. The van der Waals surface area contributed by atoms with Gasteiger partial charge in [0.15, 0.2) is 0 Å². The Hall–Kier alpha value is -0.650. The smallest absolute Gasteiger partial charge is 0.251 e. The van der Waals surface area contributed by atoms with E-state index in [1.807, 2.05) is 11.8 Å². The molecular formula is C13H24N2O3. The molecule has 1 amide bonds. The van der Waals surface area contributed by atoms with Gasteiger partial charge in [0.05, 0.1) is 19.3 Å². The van der Waals surface area contributed by atoms with Gasteiger partial charge in [-0.25, -0.2) is 0 Å². The van der Waals surface area contributed by atoms with E-state index < -0.39 is 0 Å². The number of nitrogens with one attached hydrogen (secondary N) is 1. The second-order valence-corrected chi connectivity index (χ2v) is 5.14. The van der Waals surface area contributed by atoms with Gasteiger partial charge in [-0.15, -0.1) is 0 Å². The lowest BCUT2D eigenvalue weighted by Gasteiger charge is -2.34. The van der Waals surface area contributed by atoms with Crippen LogP contribution in [0.1, 0.15) is 26.7 Å². The van der Waals surface area contributed by atoms with Crippen LogP contribution in [0.2, 0.25) is 0 Å². The maximum Gasteiger partial charge on any atom is 0.251 e. The van der Waals surface area contributed by atoms with E-state index in [0.717, 1.165) is 19.4 Å². The van der Waals surface area contributed by atoms with Gasteiger partial charge in [-0.3, -0.25) is 4.79 Å². The van der Waals surface area contributed by atoms with Crippen molar-refractivity contribution in [3.05, 3.63) is 0 Å². The summed E-state index contributed by atoms with van der Waals surface area (Å²) in [6.45, 7) is 7.68. The minimum absolute atomic E-state index is 0.0936. The van der Waals surface area contributed by atoms with E-state index >= 15 is 0 Å². The predicted molar refractivity (Wildman–Crippen MR) is 68.4 cm³/mol. The van der Waals surface area contributed by atoms with Gasteiger partial charge < -0.3 is 19.7 Å². The Kier molecular flexibility index (Phi) is 4.97. The predicted octanol–water partition coefficient (Wildman–Crippen LogP) is 0.391. The molecule has 0 aromatic carbocycles. The zero-order valence-corrected chi connectivity index (χ0v) is 11.4. The number of piperidine rings is 1. The standard InChI is InChI=1S/C13H24N2O3/c1-10-12(4-3-5-14-10)18-11(2)13(16)15-6-8-17-9-7-15/h10-12,14H,3-9H2,1-2H3. The van der Waals surface area contributed by atoms with E-state index in [0.29, 0.717) is 32.3 Å². The summed E-state index contributed by atoms with van der Waals surface area (Å²) in [5, 5.41) is 3.39. The van der Waals surface area contributed by atoms with E-state index in [1.165, 1.54) is 0 Å². The van der Waals surface area contributed by atoms with E-state index in [9.17, 15) is 4.79 Å². The number of amides is 1. The largest absolute Gasteiger partial charge is 0.378 e. The lowest BCUT2D eigenvalue weighted by molar-refractivity contribution is -0.152. The normalized spacial score (nSPS) is 31.1. The minimum Gasteiger partial charge on any atom is -0.378 e. The van der Waals surface area contributed by atoms with Crippen molar-refractivity contribution in [1.29, 1.82) is 0 Å². The highest BCUT2D eigenvalue weighted by Gasteiger charge is 2.28. The molecule has 18 heavy (non-hydrogen) atoms. The Morgan fingerprint density at radius 1 is 1.44 bits per heavy atom. The van der Waals surface area contributed by atoms with Gasteiger partial charge in [0.2, 0.25) is 0 Å². The molecule has 5 heteroatoms. The monoisotopic (exact) mass is 256 g/mol. The van der Waals surface area contributed by atoms with E-state index in [-0.39, 0.29) is 18.1 Å². The van der Waals surface area contributed by atoms with Crippen molar-refractivity contribution in [2.45, 2.75) is 44.9 Å². The van der Waals surface area contributed by atoms with Gasteiger partial charge in [-0.2, -0.15) is 0 Å². The van der Waals surface area contributed by atoms with Gasteiger partial charge in [0.25, 0.3) is 5.91 Å². The Morgan fingerprint density at radius 2 is 2.17 bits per heavy atom. The number of carbonyl (C=O) groups excluding carboxylic acids is 1. The molecule has 5 nitrogen and oxygen atoms in total. The second-order valence-electron chi connectivity index (χ2n) is 5.14. The summed E-state index contributed by atoms with van der Waals surface area (Å²) in [5.74, 6) is 0.0936. The highest BCUT2D eigenvalue weighted by molar-refractivity contribution is 5.80. The van der Waals surface area contributed by atoms with Crippen LogP contribution in [0.25, 0.3) is 0 Å². The Labute approximate surface area is 109 Å². The average molecular weight is 256 g/mol. The number of nitrogens with zero attached hydrogens (tertiary/aromatic N) is 1. The van der Waals surface area contributed by atoms with Gasteiger partial charge in [-0.05, 0) is 33.2 Å². The van der Waals surface area contributed by atoms with Crippen molar-refractivity contribution < 1.29 is 14.3 Å². The summed E-state index contributed by atoms with van der Waals surface area (Å²) in [5.41, 5.74) is 0. The maximum atomic E-state index is 12.2. The third-order valence-corrected chi connectivity index (χ3v) is 3.74. The Balaban J connectivity index is 1.82. The van der Waals surface area contributed by atoms with Crippen LogP contribution in [0.5, 0.6) is 0 Å². The fourth-order valence-electron chi connectivity index (χ4n) is 2.56. The molecule has 2 rings (SSSR count). The topological polar surface area (TPSA) is 50.8 Å². The first kappa shape index (κ1) is 13.8. The summed E-state index contributed by atoms with van der Waals surface area (Å²) < 4.78 is 11.2. The molecule has 2 heterocycles. The summed E-state index contributed by atoms with van der Waals surface area (Å²) in [7, 11) is 0. The number of hydrogen-bond donors (Lipinski definition) is 1. The quantitative estimate of drug-likeness (QED) is 0.793. The number of carbonyl (C=O) groups is 1.